The Bertz CT molecular complexity index is 454. The molecule has 4 nitrogen and oxygen atoms in total. The van der Waals surface area contributed by atoms with Crippen molar-refractivity contribution >= 4 is 6.03 Å². The predicted octanol–water partition coefficient (Wildman–Crippen LogP) is 1.89. The first-order chi connectivity index (χ1) is 9.78. The van der Waals surface area contributed by atoms with E-state index in [1.165, 1.54) is 5.56 Å². The molecular weight excluding hydrogens is 250 g/mol. The molecule has 20 heavy (non-hydrogen) atoms. The van der Waals surface area contributed by atoms with E-state index in [0.717, 1.165) is 39.1 Å². The van der Waals surface area contributed by atoms with Crippen LogP contribution in [-0.4, -0.2) is 54.6 Å². The van der Waals surface area contributed by atoms with Gasteiger partial charge in [-0.1, -0.05) is 37.3 Å². The van der Waals surface area contributed by atoms with E-state index >= 15 is 0 Å². The summed E-state index contributed by atoms with van der Waals surface area (Å²) in [4.78, 5) is 16.6. The molecule has 2 unspecified atom stereocenters. The summed E-state index contributed by atoms with van der Waals surface area (Å²) in [6.45, 7) is 6.94. The summed E-state index contributed by atoms with van der Waals surface area (Å²) in [6, 6.07) is 10.9. The molecule has 1 aliphatic carbocycles. The van der Waals surface area contributed by atoms with Crippen molar-refractivity contribution in [2.24, 2.45) is 0 Å². The number of rotatable bonds is 3. The van der Waals surface area contributed by atoms with Gasteiger partial charge in [-0.15, -0.1) is 0 Å². The highest BCUT2D eigenvalue weighted by Crippen LogP contribution is 2.40. The zero-order valence-corrected chi connectivity index (χ0v) is 12.1. The van der Waals surface area contributed by atoms with Gasteiger partial charge in [0.05, 0.1) is 0 Å². The van der Waals surface area contributed by atoms with Crippen LogP contribution in [0.15, 0.2) is 30.3 Å². The number of nitrogens with zero attached hydrogens (tertiary/aromatic N) is 2. The van der Waals surface area contributed by atoms with E-state index in [2.05, 4.69) is 41.4 Å². The van der Waals surface area contributed by atoms with Crippen molar-refractivity contribution in [2.45, 2.75) is 25.3 Å². The Labute approximate surface area is 120 Å². The van der Waals surface area contributed by atoms with Crippen LogP contribution >= 0.6 is 0 Å². The summed E-state index contributed by atoms with van der Waals surface area (Å²) in [6.07, 6.45) is 1.07. The summed E-state index contributed by atoms with van der Waals surface area (Å²) >= 11 is 0. The van der Waals surface area contributed by atoms with Gasteiger partial charge in [0.15, 0.2) is 0 Å². The Morgan fingerprint density at radius 1 is 1.20 bits per heavy atom. The van der Waals surface area contributed by atoms with Gasteiger partial charge in [-0.05, 0) is 18.5 Å². The highest BCUT2D eigenvalue weighted by atomic mass is 16.2. The number of piperazine rings is 1. The second-order valence-electron chi connectivity index (χ2n) is 5.73. The first-order valence-electron chi connectivity index (χ1n) is 7.60. The Balaban J connectivity index is 1.47. The molecule has 2 fully saturated rings. The van der Waals surface area contributed by atoms with E-state index in [-0.39, 0.29) is 6.03 Å². The summed E-state index contributed by atoms with van der Waals surface area (Å²) < 4.78 is 0. The Hall–Kier alpha value is -1.55. The average Bonchev–Trinajstić information content (AvgIpc) is 3.27. The van der Waals surface area contributed by atoms with E-state index in [1.54, 1.807) is 0 Å². The van der Waals surface area contributed by atoms with Crippen LogP contribution in [0.3, 0.4) is 0 Å². The molecule has 2 atom stereocenters. The van der Waals surface area contributed by atoms with Gasteiger partial charge in [-0.3, -0.25) is 0 Å². The fourth-order valence-electron chi connectivity index (χ4n) is 2.94. The lowest BCUT2D eigenvalue weighted by Gasteiger charge is -2.34. The van der Waals surface area contributed by atoms with Crippen LogP contribution in [0.25, 0.3) is 0 Å². The van der Waals surface area contributed by atoms with Gasteiger partial charge in [-0.25, -0.2) is 4.79 Å². The Morgan fingerprint density at radius 3 is 2.55 bits per heavy atom. The fraction of sp³-hybridized carbons (Fsp3) is 0.562. The monoisotopic (exact) mass is 273 g/mol. The van der Waals surface area contributed by atoms with Crippen LogP contribution in [0.1, 0.15) is 24.8 Å². The lowest BCUT2D eigenvalue weighted by molar-refractivity contribution is 0.142. The summed E-state index contributed by atoms with van der Waals surface area (Å²) in [7, 11) is 0. The van der Waals surface area contributed by atoms with Gasteiger partial charge in [0.25, 0.3) is 0 Å². The molecule has 1 saturated carbocycles. The molecule has 4 heteroatoms. The number of benzene rings is 1. The molecule has 1 aromatic rings. The van der Waals surface area contributed by atoms with Crippen LogP contribution < -0.4 is 5.32 Å². The van der Waals surface area contributed by atoms with Gasteiger partial charge < -0.3 is 15.1 Å². The average molecular weight is 273 g/mol. The lowest BCUT2D eigenvalue weighted by Crippen LogP contribution is -2.52. The minimum absolute atomic E-state index is 0.115. The van der Waals surface area contributed by atoms with E-state index in [1.807, 2.05) is 11.0 Å². The first-order valence-corrected chi connectivity index (χ1v) is 7.60. The number of hydrogen-bond acceptors (Lipinski definition) is 2. The van der Waals surface area contributed by atoms with Crippen molar-refractivity contribution in [3.05, 3.63) is 35.9 Å². The van der Waals surface area contributed by atoms with E-state index in [0.29, 0.717) is 12.0 Å². The molecule has 1 heterocycles. The maximum Gasteiger partial charge on any atom is 0.317 e. The molecule has 0 radical (unpaired) electrons. The van der Waals surface area contributed by atoms with Crippen LogP contribution in [-0.2, 0) is 0 Å². The molecular formula is C16H23N3O. The fourth-order valence-corrected chi connectivity index (χ4v) is 2.94. The SMILES string of the molecule is CCN1CCN(C(=O)NC2CC2c2ccccc2)CC1. The van der Waals surface area contributed by atoms with Crippen molar-refractivity contribution in [3.63, 3.8) is 0 Å². The quantitative estimate of drug-likeness (QED) is 0.913. The summed E-state index contributed by atoms with van der Waals surface area (Å²) in [5.41, 5.74) is 1.34. The maximum atomic E-state index is 12.2. The topological polar surface area (TPSA) is 35.6 Å². The summed E-state index contributed by atoms with van der Waals surface area (Å²) in [5, 5.41) is 3.17. The molecule has 108 valence electrons. The molecule has 1 aromatic carbocycles. The zero-order chi connectivity index (χ0) is 13.9. The molecule has 1 N–H and O–H groups in total. The van der Waals surface area contributed by atoms with E-state index in [9.17, 15) is 4.79 Å². The number of urea groups is 1. The molecule has 0 bridgehead atoms. The molecule has 3 rings (SSSR count). The Morgan fingerprint density at radius 2 is 1.90 bits per heavy atom. The van der Waals surface area contributed by atoms with Crippen molar-refractivity contribution < 1.29 is 4.79 Å². The van der Waals surface area contributed by atoms with Crippen molar-refractivity contribution in [3.8, 4) is 0 Å². The number of carbonyl (C=O) groups is 1. The third-order valence-corrected chi connectivity index (χ3v) is 4.43. The Kier molecular flexibility index (Phi) is 3.92. The minimum Gasteiger partial charge on any atom is -0.335 e. The van der Waals surface area contributed by atoms with Gasteiger partial charge in [0, 0.05) is 38.1 Å². The van der Waals surface area contributed by atoms with Gasteiger partial charge in [-0.2, -0.15) is 0 Å². The zero-order valence-electron chi connectivity index (χ0n) is 12.1. The van der Waals surface area contributed by atoms with Crippen LogP contribution in [0.5, 0.6) is 0 Å². The van der Waals surface area contributed by atoms with Gasteiger partial charge >= 0.3 is 6.03 Å². The van der Waals surface area contributed by atoms with Crippen LogP contribution in [0, 0.1) is 0 Å². The lowest BCUT2D eigenvalue weighted by atomic mass is 10.1. The second-order valence-corrected chi connectivity index (χ2v) is 5.73. The molecule has 0 spiro atoms. The van der Waals surface area contributed by atoms with E-state index in [4.69, 9.17) is 0 Å². The molecule has 2 amide bonds. The molecule has 0 aromatic heterocycles. The van der Waals surface area contributed by atoms with E-state index < -0.39 is 0 Å². The third-order valence-electron chi connectivity index (χ3n) is 4.43. The molecule has 1 aliphatic heterocycles. The van der Waals surface area contributed by atoms with Crippen molar-refractivity contribution in [2.75, 3.05) is 32.7 Å². The standard InChI is InChI=1S/C16H23N3O/c1-2-18-8-10-19(11-9-18)16(20)17-15-12-14(15)13-6-4-3-5-7-13/h3-7,14-15H,2,8-12H2,1H3,(H,17,20). The maximum absolute atomic E-state index is 12.2. The van der Waals surface area contributed by atoms with Gasteiger partial charge in [0.1, 0.15) is 0 Å². The van der Waals surface area contributed by atoms with Crippen LogP contribution in [0.4, 0.5) is 4.79 Å². The smallest absolute Gasteiger partial charge is 0.317 e. The van der Waals surface area contributed by atoms with Crippen molar-refractivity contribution in [1.29, 1.82) is 0 Å². The largest absolute Gasteiger partial charge is 0.335 e. The minimum atomic E-state index is 0.115. The second kappa shape index (κ2) is 5.83. The number of amides is 2. The predicted molar refractivity (Wildman–Crippen MR) is 79.8 cm³/mol. The number of likely N-dealkylation sites (N-methyl/N-ethyl adjacent to an activating group) is 1. The number of hydrogen-bond donors (Lipinski definition) is 1. The van der Waals surface area contributed by atoms with Crippen molar-refractivity contribution in [1.82, 2.24) is 15.1 Å². The molecule has 1 saturated heterocycles. The normalized spacial score (nSPS) is 26.4. The highest BCUT2D eigenvalue weighted by Gasteiger charge is 2.40. The number of nitrogens with one attached hydrogen (secondary N) is 1. The summed E-state index contributed by atoms with van der Waals surface area (Å²) in [5.74, 6) is 0.511. The van der Waals surface area contributed by atoms with Gasteiger partial charge in [0.2, 0.25) is 0 Å². The molecule has 2 aliphatic rings. The number of carbonyl (C=O) groups excluding carboxylic acids is 1. The first kappa shape index (κ1) is 13.4. The van der Waals surface area contributed by atoms with Crippen LogP contribution in [0.2, 0.25) is 0 Å². The highest BCUT2D eigenvalue weighted by molar-refractivity contribution is 5.75. The third kappa shape index (κ3) is 2.96.